The molecule has 0 radical (unpaired) electrons. The molecular formula is C19H26N2O3. The molecule has 5 heteroatoms. The summed E-state index contributed by atoms with van der Waals surface area (Å²) in [6.07, 6.45) is 1.45. The Hall–Kier alpha value is -1.59. The zero-order chi connectivity index (χ0) is 16.5. The first-order valence-electron chi connectivity index (χ1n) is 9.05. The number of benzene rings is 1. The van der Waals surface area contributed by atoms with Crippen molar-refractivity contribution in [3.05, 3.63) is 29.3 Å². The Labute approximate surface area is 143 Å². The van der Waals surface area contributed by atoms with Crippen molar-refractivity contribution < 1.29 is 14.3 Å². The summed E-state index contributed by atoms with van der Waals surface area (Å²) in [6, 6.07) is 6.65. The number of nitrogens with zero attached hydrogens (tertiary/aromatic N) is 2. The van der Waals surface area contributed by atoms with Crippen LogP contribution >= 0.6 is 0 Å². The van der Waals surface area contributed by atoms with Gasteiger partial charge in [0.25, 0.3) is 0 Å². The second kappa shape index (κ2) is 6.73. The summed E-state index contributed by atoms with van der Waals surface area (Å²) >= 11 is 0. The van der Waals surface area contributed by atoms with Crippen molar-refractivity contribution in [1.29, 1.82) is 0 Å². The van der Waals surface area contributed by atoms with Gasteiger partial charge in [-0.2, -0.15) is 0 Å². The van der Waals surface area contributed by atoms with Crippen molar-refractivity contribution in [2.24, 2.45) is 5.92 Å². The lowest BCUT2D eigenvalue weighted by Crippen LogP contribution is -2.47. The quantitative estimate of drug-likeness (QED) is 0.839. The minimum Gasteiger partial charge on any atom is -0.493 e. The van der Waals surface area contributed by atoms with Crippen molar-refractivity contribution >= 4 is 5.91 Å². The summed E-state index contributed by atoms with van der Waals surface area (Å²) in [5, 5.41) is 0. The molecule has 3 aliphatic heterocycles. The normalized spacial score (nSPS) is 27.1. The number of hydrogen-bond acceptors (Lipinski definition) is 4. The molecule has 2 unspecified atom stereocenters. The molecular weight excluding hydrogens is 304 g/mol. The second-order valence-electron chi connectivity index (χ2n) is 7.21. The number of fused-ring (bicyclic) bond motifs is 1. The summed E-state index contributed by atoms with van der Waals surface area (Å²) in [6.45, 7) is 8.35. The van der Waals surface area contributed by atoms with E-state index < -0.39 is 0 Å². The van der Waals surface area contributed by atoms with Gasteiger partial charge in [0.15, 0.2) is 0 Å². The Morgan fingerprint density at radius 1 is 1.21 bits per heavy atom. The Morgan fingerprint density at radius 2 is 2.04 bits per heavy atom. The Kier molecular flexibility index (Phi) is 4.46. The van der Waals surface area contributed by atoms with E-state index in [0.717, 1.165) is 63.7 Å². The number of morpholine rings is 1. The fraction of sp³-hybridized carbons (Fsp3) is 0.632. The van der Waals surface area contributed by atoms with E-state index >= 15 is 0 Å². The van der Waals surface area contributed by atoms with Crippen molar-refractivity contribution in [2.75, 3.05) is 46.0 Å². The molecule has 0 bridgehead atoms. The largest absolute Gasteiger partial charge is 0.493 e. The monoisotopic (exact) mass is 330 g/mol. The summed E-state index contributed by atoms with van der Waals surface area (Å²) < 4.78 is 11.0. The zero-order valence-electron chi connectivity index (χ0n) is 14.4. The van der Waals surface area contributed by atoms with E-state index in [0.29, 0.717) is 18.4 Å². The van der Waals surface area contributed by atoms with E-state index in [-0.39, 0.29) is 5.91 Å². The number of carbonyl (C=O) groups is 1. The first-order valence-corrected chi connectivity index (χ1v) is 9.05. The maximum Gasteiger partial charge on any atom is 0.227 e. The molecule has 130 valence electrons. The van der Waals surface area contributed by atoms with Gasteiger partial charge in [-0.3, -0.25) is 9.69 Å². The van der Waals surface area contributed by atoms with Crippen molar-refractivity contribution in [3.8, 4) is 5.75 Å². The van der Waals surface area contributed by atoms with Gasteiger partial charge in [0.05, 0.1) is 26.2 Å². The molecule has 1 amide bonds. The van der Waals surface area contributed by atoms with Gasteiger partial charge >= 0.3 is 0 Å². The van der Waals surface area contributed by atoms with Gasteiger partial charge in [0.2, 0.25) is 5.91 Å². The third-order valence-corrected chi connectivity index (χ3v) is 5.55. The molecule has 2 saturated heterocycles. The van der Waals surface area contributed by atoms with Crippen LogP contribution in [0.15, 0.2) is 18.2 Å². The lowest BCUT2D eigenvalue weighted by Gasteiger charge is -2.34. The molecule has 1 aromatic rings. The predicted molar refractivity (Wildman–Crippen MR) is 91.3 cm³/mol. The number of rotatable bonds is 3. The van der Waals surface area contributed by atoms with E-state index in [1.165, 1.54) is 5.56 Å². The van der Waals surface area contributed by atoms with E-state index in [4.69, 9.17) is 9.47 Å². The van der Waals surface area contributed by atoms with E-state index in [9.17, 15) is 4.79 Å². The van der Waals surface area contributed by atoms with E-state index in [1.807, 2.05) is 12.1 Å². The Bertz CT molecular complexity index is 613. The van der Waals surface area contributed by atoms with Crippen LogP contribution in [0.4, 0.5) is 0 Å². The lowest BCUT2D eigenvalue weighted by atomic mass is 10.0. The number of ether oxygens (including phenoxy) is 2. The van der Waals surface area contributed by atoms with Crippen molar-refractivity contribution in [1.82, 2.24) is 9.80 Å². The van der Waals surface area contributed by atoms with Gasteiger partial charge in [-0.05, 0) is 23.1 Å². The first-order chi connectivity index (χ1) is 11.7. The molecule has 0 N–H and O–H groups in total. The molecule has 3 aliphatic rings. The Morgan fingerprint density at radius 3 is 2.88 bits per heavy atom. The van der Waals surface area contributed by atoms with Crippen LogP contribution in [-0.2, 0) is 22.4 Å². The highest BCUT2D eigenvalue weighted by Crippen LogP contribution is 2.27. The minimum atomic E-state index is 0.247. The molecule has 24 heavy (non-hydrogen) atoms. The van der Waals surface area contributed by atoms with Gasteiger partial charge in [-0.25, -0.2) is 0 Å². The maximum absolute atomic E-state index is 12.7. The molecule has 0 saturated carbocycles. The van der Waals surface area contributed by atoms with Crippen LogP contribution in [0.2, 0.25) is 0 Å². The van der Waals surface area contributed by atoms with Crippen LogP contribution < -0.4 is 4.74 Å². The topological polar surface area (TPSA) is 42.0 Å². The van der Waals surface area contributed by atoms with Gasteiger partial charge < -0.3 is 14.4 Å². The summed E-state index contributed by atoms with van der Waals surface area (Å²) in [7, 11) is 0. The van der Waals surface area contributed by atoms with Gasteiger partial charge in [-0.1, -0.05) is 19.1 Å². The van der Waals surface area contributed by atoms with Crippen LogP contribution in [0.1, 0.15) is 18.1 Å². The van der Waals surface area contributed by atoms with Crippen molar-refractivity contribution in [2.45, 2.75) is 25.8 Å². The maximum atomic E-state index is 12.7. The fourth-order valence-electron chi connectivity index (χ4n) is 4.17. The number of hydrogen-bond donors (Lipinski definition) is 0. The minimum absolute atomic E-state index is 0.247. The number of amides is 1. The molecule has 2 atom stereocenters. The molecule has 4 rings (SSSR count). The van der Waals surface area contributed by atoms with E-state index in [1.54, 1.807) is 0 Å². The molecule has 0 spiro atoms. The SMILES string of the molecule is CC1CN(C(=O)Cc2ccc3c(c2)CCO3)CC1N1CCOCC1. The summed E-state index contributed by atoms with van der Waals surface area (Å²) in [5.74, 6) is 1.75. The zero-order valence-corrected chi connectivity index (χ0v) is 14.4. The number of likely N-dealkylation sites (tertiary alicyclic amines) is 1. The second-order valence-corrected chi connectivity index (χ2v) is 7.21. The van der Waals surface area contributed by atoms with Crippen LogP contribution in [-0.4, -0.2) is 67.7 Å². The highest BCUT2D eigenvalue weighted by atomic mass is 16.5. The van der Waals surface area contributed by atoms with Crippen LogP contribution in [0.5, 0.6) is 5.75 Å². The summed E-state index contributed by atoms with van der Waals surface area (Å²) in [5.41, 5.74) is 2.34. The predicted octanol–water partition coefficient (Wildman–Crippen LogP) is 1.34. The van der Waals surface area contributed by atoms with Gasteiger partial charge in [0, 0.05) is 38.6 Å². The van der Waals surface area contributed by atoms with Gasteiger partial charge in [0.1, 0.15) is 5.75 Å². The highest BCUT2D eigenvalue weighted by molar-refractivity contribution is 5.79. The Balaban J connectivity index is 1.38. The van der Waals surface area contributed by atoms with Gasteiger partial charge in [-0.15, -0.1) is 0 Å². The van der Waals surface area contributed by atoms with Crippen LogP contribution in [0.3, 0.4) is 0 Å². The molecule has 3 heterocycles. The van der Waals surface area contributed by atoms with Crippen LogP contribution in [0, 0.1) is 5.92 Å². The fourth-order valence-corrected chi connectivity index (χ4v) is 4.17. The smallest absolute Gasteiger partial charge is 0.227 e. The summed E-state index contributed by atoms with van der Waals surface area (Å²) in [4.78, 5) is 17.3. The third-order valence-electron chi connectivity index (χ3n) is 5.55. The lowest BCUT2D eigenvalue weighted by molar-refractivity contribution is -0.129. The van der Waals surface area contributed by atoms with Crippen LogP contribution in [0.25, 0.3) is 0 Å². The van der Waals surface area contributed by atoms with E-state index in [2.05, 4.69) is 22.8 Å². The number of carbonyl (C=O) groups excluding carboxylic acids is 1. The molecule has 2 fully saturated rings. The average Bonchev–Trinajstić information content (AvgIpc) is 3.21. The molecule has 0 aliphatic carbocycles. The van der Waals surface area contributed by atoms with Crippen molar-refractivity contribution in [3.63, 3.8) is 0 Å². The standard InChI is InChI=1S/C19H26N2O3/c1-14-12-21(13-17(14)20-5-8-23-9-6-20)19(22)11-15-2-3-18-16(10-15)4-7-24-18/h2-3,10,14,17H,4-9,11-13H2,1H3. The first kappa shape index (κ1) is 15.9. The molecule has 1 aromatic carbocycles. The third kappa shape index (κ3) is 3.15. The molecule has 0 aromatic heterocycles. The molecule has 5 nitrogen and oxygen atoms in total. The average molecular weight is 330 g/mol. The highest BCUT2D eigenvalue weighted by Gasteiger charge is 2.36.